The molecule has 0 saturated heterocycles. The molecule has 0 atom stereocenters. The Morgan fingerprint density at radius 3 is 1.96 bits per heavy atom. The number of anilines is 1. The summed E-state index contributed by atoms with van der Waals surface area (Å²) >= 11 is 0. The summed E-state index contributed by atoms with van der Waals surface area (Å²) in [7, 11) is 0. The van der Waals surface area contributed by atoms with Crippen molar-refractivity contribution < 1.29 is 26.3 Å². The minimum atomic E-state index is -5.65. The Morgan fingerprint density at radius 1 is 0.840 bits per heavy atom. The van der Waals surface area contributed by atoms with Crippen LogP contribution in [0, 0.1) is 6.92 Å². The number of hydrogen-bond acceptors (Lipinski definition) is 2. The maximum Gasteiger partial charge on any atom is 0.427 e. The Hall–Kier alpha value is -2.51. The highest BCUT2D eigenvalue weighted by Gasteiger charge is 2.74. The maximum atomic E-state index is 13.7. The summed E-state index contributed by atoms with van der Waals surface area (Å²) in [6.07, 6.45) is -11.3. The van der Waals surface area contributed by atoms with Gasteiger partial charge in [0, 0.05) is 16.8 Å². The van der Waals surface area contributed by atoms with Crippen molar-refractivity contribution in [3.8, 4) is 0 Å². The topological polar surface area (TPSA) is 24.4 Å². The van der Waals surface area contributed by atoms with E-state index in [0.29, 0.717) is 0 Å². The van der Waals surface area contributed by atoms with Gasteiger partial charge in [0.05, 0.1) is 0 Å². The lowest BCUT2D eigenvalue weighted by Gasteiger charge is -2.39. The fraction of sp³-hybridized carbons (Fsp3) is 0.235. The largest absolute Gasteiger partial charge is 0.427 e. The van der Waals surface area contributed by atoms with Crippen molar-refractivity contribution in [2.24, 2.45) is 4.99 Å². The van der Waals surface area contributed by atoms with E-state index in [1.807, 2.05) is 0 Å². The summed E-state index contributed by atoms with van der Waals surface area (Å²) in [5.41, 5.74) is -4.60. The summed E-state index contributed by atoms with van der Waals surface area (Å²) in [6.45, 7) is 1.75. The van der Waals surface area contributed by atoms with E-state index in [4.69, 9.17) is 0 Å². The molecule has 1 aliphatic heterocycles. The van der Waals surface area contributed by atoms with Gasteiger partial charge in [-0.3, -0.25) is 0 Å². The molecule has 0 bridgehead atoms. The minimum absolute atomic E-state index is 0.137. The van der Waals surface area contributed by atoms with E-state index in [0.717, 1.165) is 17.7 Å². The molecule has 0 fully saturated rings. The average Bonchev–Trinajstić information content (AvgIpc) is 2.52. The highest BCUT2D eigenvalue weighted by atomic mass is 19.4. The molecular formula is C17H12F6N2. The average molecular weight is 358 g/mol. The smallest absolute Gasteiger partial charge is 0.340 e. The number of para-hydroxylation sites is 1. The van der Waals surface area contributed by atoms with Crippen LogP contribution in [0.3, 0.4) is 0 Å². The first-order valence-electron chi connectivity index (χ1n) is 7.23. The number of halogens is 6. The molecule has 0 aromatic heterocycles. The van der Waals surface area contributed by atoms with Crippen LogP contribution in [-0.4, -0.2) is 18.2 Å². The number of aliphatic imine (C=N–C) groups is 1. The number of aryl methyl sites for hydroxylation is 1. The Balaban J connectivity index is 2.31. The van der Waals surface area contributed by atoms with Gasteiger partial charge in [-0.2, -0.15) is 26.3 Å². The van der Waals surface area contributed by atoms with Gasteiger partial charge < -0.3 is 5.32 Å². The van der Waals surface area contributed by atoms with Crippen LogP contribution in [0.2, 0.25) is 0 Å². The molecule has 0 amide bonds. The predicted molar refractivity (Wildman–Crippen MR) is 81.6 cm³/mol. The van der Waals surface area contributed by atoms with Gasteiger partial charge in [0.1, 0.15) is 5.84 Å². The molecule has 25 heavy (non-hydrogen) atoms. The Kier molecular flexibility index (Phi) is 3.81. The molecule has 2 aromatic carbocycles. The number of nitrogens with one attached hydrogen (secondary N) is 1. The molecule has 2 aromatic rings. The lowest BCUT2D eigenvalue weighted by Crippen LogP contribution is -2.55. The molecule has 0 radical (unpaired) electrons. The predicted octanol–water partition coefficient (Wildman–Crippen LogP) is 5.19. The number of benzene rings is 2. The van der Waals surface area contributed by atoms with E-state index in [1.54, 1.807) is 19.1 Å². The van der Waals surface area contributed by atoms with Gasteiger partial charge in [0.2, 0.25) is 0 Å². The molecule has 0 aliphatic carbocycles. The fourth-order valence-electron chi connectivity index (χ4n) is 2.73. The van der Waals surface area contributed by atoms with Crippen LogP contribution >= 0.6 is 0 Å². The Morgan fingerprint density at radius 2 is 1.40 bits per heavy atom. The van der Waals surface area contributed by atoms with Crippen LogP contribution < -0.4 is 5.32 Å². The zero-order valence-electron chi connectivity index (χ0n) is 12.8. The van der Waals surface area contributed by atoms with Crippen molar-refractivity contribution in [3.63, 3.8) is 0 Å². The first kappa shape index (κ1) is 17.3. The standard InChI is InChI=1S/C17H12F6N2/c1-10-6-8-11(9-7-10)14-24-13-5-3-2-4-12(13)15(25-14,16(18,19)20)17(21,22)23/h2-9H,1H3,(H,24,25). The van der Waals surface area contributed by atoms with Gasteiger partial charge in [-0.15, -0.1) is 0 Å². The van der Waals surface area contributed by atoms with Crippen molar-refractivity contribution in [1.29, 1.82) is 0 Å². The van der Waals surface area contributed by atoms with Crippen LogP contribution in [-0.2, 0) is 5.54 Å². The summed E-state index contributed by atoms with van der Waals surface area (Å²) in [5.74, 6) is -0.478. The van der Waals surface area contributed by atoms with Crippen LogP contribution in [0.4, 0.5) is 32.0 Å². The number of rotatable bonds is 1. The number of alkyl halides is 6. The third-order valence-electron chi connectivity index (χ3n) is 3.99. The van der Waals surface area contributed by atoms with Crippen LogP contribution in [0.15, 0.2) is 53.5 Å². The summed E-state index contributed by atoms with van der Waals surface area (Å²) in [5, 5.41) is 2.58. The van der Waals surface area contributed by atoms with Gasteiger partial charge in [-0.1, -0.05) is 48.0 Å². The normalized spacial score (nSPS) is 16.7. The van der Waals surface area contributed by atoms with E-state index in [9.17, 15) is 26.3 Å². The van der Waals surface area contributed by atoms with E-state index in [1.165, 1.54) is 24.3 Å². The first-order valence-corrected chi connectivity index (χ1v) is 7.23. The van der Waals surface area contributed by atoms with Gasteiger partial charge in [-0.05, 0) is 13.0 Å². The molecule has 0 unspecified atom stereocenters. The molecule has 1 heterocycles. The van der Waals surface area contributed by atoms with Crippen molar-refractivity contribution >= 4 is 11.5 Å². The van der Waals surface area contributed by atoms with E-state index >= 15 is 0 Å². The highest BCUT2D eigenvalue weighted by Crippen LogP contribution is 2.56. The van der Waals surface area contributed by atoms with Crippen molar-refractivity contribution in [1.82, 2.24) is 0 Å². The lowest BCUT2D eigenvalue weighted by molar-refractivity contribution is -0.300. The number of amidine groups is 1. The molecule has 1 N–H and O–H groups in total. The van der Waals surface area contributed by atoms with E-state index < -0.39 is 29.3 Å². The Bertz CT molecular complexity index is 804. The summed E-state index contributed by atoms with van der Waals surface area (Å²) in [4.78, 5) is 3.15. The van der Waals surface area contributed by atoms with Gasteiger partial charge in [0.25, 0.3) is 5.54 Å². The van der Waals surface area contributed by atoms with Gasteiger partial charge in [-0.25, -0.2) is 4.99 Å². The number of nitrogens with zero attached hydrogens (tertiary/aromatic N) is 1. The van der Waals surface area contributed by atoms with Crippen LogP contribution in [0.5, 0.6) is 0 Å². The third kappa shape index (κ3) is 2.65. The monoisotopic (exact) mass is 358 g/mol. The molecule has 1 aliphatic rings. The SMILES string of the molecule is Cc1ccc(C2=NC(C(F)(F)F)(C(F)(F)F)c3ccccc3N2)cc1. The second-order valence-corrected chi connectivity index (χ2v) is 5.70. The summed E-state index contributed by atoms with van der Waals surface area (Å²) in [6, 6.07) is 10.5. The fourth-order valence-corrected chi connectivity index (χ4v) is 2.73. The lowest BCUT2D eigenvalue weighted by atomic mass is 9.85. The van der Waals surface area contributed by atoms with Crippen molar-refractivity contribution in [2.75, 3.05) is 5.32 Å². The van der Waals surface area contributed by atoms with Gasteiger partial charge >= 0.3 is 12.4 Å². The second-order valence-electron chi connectivity index (χ2n) is 5.70. The molecular weight excluding hydrogens is 346 g/mol. The van der Waals surface area contributed by atoms with Crippen LogP contribution in [0.25, 0.3) is 0 Å². The van der Waals surface area contributed by atoms with E-state index in [-0.39, 0.29) is 11.3 Å². The van der Waals surface area contributed by atoms with Crippen molar-refractivity contribution in [3.05, 3.63) is 65.2 Å². The molecule has 2 nitrogen and oxygen atoms in total. The Labute approximate surface area is 139 Å². The third-order valence-corrected chi connectivity index (χ3v) is 3.99. The molecule has 0 spiro atoms. The van der Waals surface area contributed by atoms with Gasteiger partial charge in [0.15, 0.2) is 0 Å². The minimum Gasteiger partial charge on any atom is -0.340 e. The summed E-state index contributed by atoms with van der Waals surface area (Å²) < 4.78 is 82.0. The molecule has 8 heteroatoms. The molecule has 0 saturated carbocycles. The first-order chi connectivity index (χ1) is 11.6. The van der Waals surface area contributed by atoms with E-state index in [2.05, 4.69) is 10.3 Å². The zero-order valence-corrected chi connectivity index (χ0v) is 12.8. The maximum absolute atomic E-state index is 13.7. The molecule has 3 rings (SSSR count). The van der Waals surface area contributed by atoms with Crippen LogP contribution in [0.1, 0.15) is 16.7 Å². The highest BCUT2D eigenvalue weighted by molar-refractivity contribution is 6.10. The number of hydrogen-bond donors (Lipinski definition) is 1. The molecule has 132 valence electrons. The van der Waals surface area contributed by atoms with Crippen molar-refractivity contribution in [2.45, 2.75) is 24.8 Å². The second kappa shape index (κ2) is 5.50. The quantitative estimate of drug-likeness (QED) is 0.698. The number of fused-ring (bicyclic) bond motifs is 1. The zero-order chi connectivity index (χ0) is 18.5.